The molecule has 4 rings (SSSR count). The van der Waals surface area contributed by atoms with Crippen molar-refractivity contribution in [2.24, 2.45) is 0 Å². The summed E-state index contributed by atoms with van der Waals surface area (Å²) in [7, 11) is 0. The van der Waals surface area contributed by atoms with E-state index < -0.39 is 0 Å². The number of aryl methyl sites for hydroxylation is 1. The van der Waals surface area contributed by atoms with Crippen LogP contribution in [0, 0.1) is 0 Å². The summed E-state index contributed by atoms with van der Waals surface area (Å²) in [6.07, 6.45) is 5.14. The first-order chi connectivity index (χ1) is 16.1. The molecule has 0 atom stereocenters. The predicted molar refractivity (Wildman–Crippen MR) is 129 cm³/mol. The minimum atomic E-state index is -0.0249. The molecule has 0 aromatic heterocycles. The molecule has 33 heavy (non-hydrogen) atoms. The Kier molecular flexibility index (Phi) is 7.62. The molecule has 2 aliphatic heterocycles. The van der Waals surface area contributed by atoms with Crippen molar-refractivity contribution in [3.05, 3.63) is 59.7 Å². The smallest absolute Gasteiger partial charge is 0.246 e. The highest BCUT2D eigenvalue weighted by Crippen LogP contribution is 2.30. The summed E-state index contributed by atoms with van der Waals surface area (Å²) in [5.41, 5.74) is 2.90. The van der Waals surface area contributed by atoms with Crippen LogP contribution >= 0.6 is 0 Å². The molecule has 0 aliphatic carbocycles. The molecule has 2 aromatic rings. The number of ether oxygens (including phenoxy) is 2. The lowest BCUT2D eigenvalue weighted by Crippen LogP contribution is -2.50. The third-order valence-corrected chi connectivity index (χ3v) is 5.91. The van der Waals surface area contributed by atoms with E-state index in [9.17, 15) is 9.59 Å². The molecule has 0 unspecified atom stereocenters. The van der Waals surface area contributed by atoms with E-state index in [-0.39, 0.29) is 11.8 Å². The lowest BCUT2D eigenvalue weighted by Gasteiger charge is -2.33. The average molecular weight is 450 g/mol. The van der Waals surface area contributed by atoms with Crippen molar-refractivity contribution in [3.8, 4) is 11.5 Å². The SMILES string of the molecule is CCc1ccccc1NC(=O)CN1CCN(C(=O)/C=C/c2ccc3c(c2)OCCCO3)CC1. The highest BCUT2D eigenvalue weighted by atomic mass is 16.5. The molecular weight excluding hydrogens is 418 g/mol. The van der Waals surface area contributed by atoms with E-state index >= 15 is 0 Å². The van der Waals surface area contributed by atoms with Crippen molar-refractivity contribution in [3.63, 3.8) is 0 Å². The van der Waals surface area contributed by atoms with E-state index in [0.29, 0.717) is 45.9 Å². The molecule has 7 nitrogen and oxygen atoms in total. The molecule has 1 N–H and O–H groups in total. The number of amides is 2. The van der Waals surface area contributed by atoms with Gasteiger partial charge in [0.1, 0.15) is 0 Å². The summed E-state index contributed by atoms with van der Waals surface area (Å²) >= 11 is 0. The second-order valence-corrected chi connectivity index (χ2v) is 8.25. The molecule has 1 fully saturated rings. The maximum Gasteiger partial charge on any atom is 0.246 e. The van der Waals surface area contributed by atoms with Crippen LogP contribution < -0.4 is 14.8 Å². The Labute approximate surface area is 195 Å². The van der Waals surface area contributed by atoms with Crippen molar-refractivity contribution in [2.75, 3.05) is 51.3 Å². The number of piperazine rings is 1. The molecule has 0 bridgehead atoms. The summed E-state index contributed by atoms with van der Waals surface area (Å²) in [6, 6.07) is 13.6. The van der Waals surface area contributed by atoms with E-state index in [1.54, 1.807) is 6.08 Å². The Morgan fingerprint density at radius 2 is 1.76 bits per heavy atom. The average Bonchev–Trinajstić information content (AvgIpc) is 3.08. The molecule has 174 valence electrons. The van der Waals surface area contributed by atoms with Crippen LogP contribution in [0.3, 0.4) is 0 Å². The molecule has 0 radical (unpaired) electrons. The van der Waals surface area contributed by atoms with Crippen LogP contribution in [-0.2, 0) is 16.0 Å². The molecule has 2 aromatic carbocycles. The maximum absolute atomic E-state index is 12.6. The lowest BCUT2D eigenvalue weighted by atomic mass is 10.1. The highest BCUT2D eigenvalue weighted by molar-refractivity contribution is 5.93. The number of carbonyl (C=O) groups is 2. The predicted octanol–water partition coefficient (Wildman–Crippen LogP) is 3.21. The van der Waals surface area contributed by atoms with Gasteiger partial charge < -0.3 is 19.7 Å². The summed E-state index contributed by atoms with van der Waals surface area (Å²) in [6.45, 7) is 6.23. The topological polar surface area (TPSA) is 71.1 Å². The third kappa shape index (κ3) is 6.14. The Bertz CT molecular complexity index is 1010. The van der Waals surface area contributed by atoms with Crippen LogP contribution in [0.2, 0.25) is 0 Å². The number of hydrogen-bond acceptors (Lipinski definition) is 5. The van der Waals surface area contributed by atoms with Gasteiger partial charge in [-0.05, 0) is 41.8 Å². The minimum absolute atomic E-state index is 0.0232. The number of nitrogens with one attached hydrogen (secondary N) is 1. The van der Waals surface area contributed by atoms with E-state index in [4.69, 9.17) is 9.47 Å². The Balaban J connectivity index is 1.25. The molecule has 2 heterocycles. The zero-order valence-corrected chi connectivity index (χ0v) is 19.1. The lowest BCUT2D eigenvalue weighted by molar-refractivity contribution is -0.127. The quantitative estimate of drug-likeness (QED) is 0.686. The number of nitrogens with zero attached hydrogens (tertiary/aromatic N) is 2. The van der Waals surface area contributed by atoms with Crippen LogP contribution in [-0.4, -0.2) is 67.6 Å². The number of rotatable bonds is 6. The van der Waals surface area contributed by atoms with Gasteiger partial charge in [-0.25, -0.2) is 0 Å². The van der Waals surface area contributed by atoms with Gasteiger partial charge in [0.05, 0.1) is 19.8 Å². The van der Waals surface area contributed by atoms with Gasteiger partial charge in [0, 0.05) is 44.4 Å². The largest absolute Gasteiger partial charge is 0.490 e. The van der Waals surface area contributed by atoms with Crippen LogP contribution in [0.4, 0.5) is 5.69 Å². The summed E-state index contributed by atoms with van der Waals surface area (Å²) in [4.78, 5) is 29.0. The van der Waals surface area contributed by atoms with E-state index in [2.05, 4.69) is 17.1 Å². The van der Waals surface area contributed by atoms with Crippen molar-refractivity contribution >= 4 is 23.6 Å². The Morgan fingerprint density at radius 1 is 1.00 bits per heavy atom. The first-order valence-electron chi connectivity index (χ1n) is 11.6. The number of fused-ring (bicyclic) bond motifs is 1. The van der Waals surface area contributed by atoms with Gasteiger partial charge in [-0.15, -0.1) is 0 Å². The van der Waals surface area contributed by atoms with E-state index in [0.717, 1.165) is 41.2 Å². The number of benzene rings is 2. The first-order valence-corrected chi connectivity index (χ1v) is 11.6. The van der Waals surface area contributed by atoms with Gasteiger partial charge in [0.25, 0.3) is 0 Å². The third-order valence-electron chi connectivity index (χ3n) is 5.91. The number of carbonyl (C=O) groups excluding carboxylic acids is 2. The van der Waals surface area contributed by atoms with Gasteiger partial charge in [-0.1, -0.05) is 31.2 Å². The molecular formula is C26H31N3O4. The van der Waals surface area contributed by atoms with Gasteiger partial charge in [0.2, 0.25) is 11.8 Å². The Morgan fingerprint density at radius 3 is 2.55 bits per heavy atom. The van der Waals surface area contributed by atoms with Crippen LogP contribution in [0.25, 0.3) is 6.08 Å². The van der Waals surface area contributed by atoms with Crippen molar-refractivity contribution in [1.29, 1.82) is 0 Å². The van der Waals surface area contributed by atoms with Gasteiger partial charge in [0.15, 0.2) is 11.5 Å². The molecule has 0 spiro atoms. The maximum atomic E-state index is 12.6. The molecule has 1 saturated heterocycles. The molecule has 7 heteroatoms. The van der Waals surface area contributed by atoms with Gasteiger partial charge in [-0.2, -0.15) is 0 Å². The summed E-state index contributed by atoms with van der Waals surface area (Å²) in [5, 5.41) is 3.02. The first kappa shape index (κ1) is 22.9. The van der Waals surface area contributed by atoms with E-state index in [1.807, 2.05) is 53.4 Å². The highest BCUT2D eigenvalue weighted by Gasteiger charge is 2.21. The second kappa shape index (κ2) is 11.0. The fraction of sp³-hybridized carbons (Fsp3) is 0.385. The van der Waals surface area contributed by atoms with Crippen LogP contribution in [0.5, 0.6) is 11.5 Å². The van der Waals surface area contributed by atoms with Gasteiger partial charge >= 0.3 is 0 Å². The fourth-order valence-electron chi connectivity index (χ4n) is 4.03. The Hall–Kier alpha value is -3.32. The number of hydrogen-bond donors (Lipinski definition) is 1. The van der Waals surface area contributed by atoms with Crippen molar-refractivity contribution in [2.45, 2.75) is 19.8 Å². The normalized spacial score (nSPS) is 16.5. The monoisotopic (exact) mass is 449 g/mol. The number of para-hydroxylation sites is 1. The summed E-state index contributed by atoms with van der Waals surface area (Å²) in [5.74, 6) is 1.41. The standard InChI is InChI=1S/C26H31N3O4/c1-2-21-6-3-4-7-22(21)27-25(30)19-28-12-14-29(15-13-28)26(31)11-9-20-8-10-23-24(18-20)33-17-5-16-32-23/h3-4,6-11,18H,2,5,12-17,19H2,1H3,(H,27,30)/b11-9+. The second-order valence-electron chi connectivity index (χ2n) is 8.25. The van der Waals surface area contributed by atoms with Gasteiger partial charge in [-0.3, -0.25) is 14.5 Å². The minimum Gasteiger partial charge on any atom is -0.490 e. The molecule has 2 amide bonds. The van der Waals surface area contributed by atoms with E-state index in [1.165, 1.54) is 0 Å². The summed E-state index contributed by atoms with van der Waals surface area (Å²) < 4.78 is 11.4. The zero-order valence-electron chi connectivity index (χ0n) is 19.1. The van der Waals surface area contributed by atoms with Crippen LogP contribution in [0.15, 0.2) is 48.5 Å². The molecule has 2 aliphatic rings. The van der Waals surface area contributed by atoms with Crippen LogP contribution in [0.1, 0.15) is 24.5 Å². The van der Waals surface area contributed by atoms with Crippen molar-refractivity contribution in [1.82, 2.24) is 9.80 Å². The zero-order chi connectivity index (χ0) is 23.0. The van der Waals surface area contributed by atoms with Crippen molar-refractivity contribution < 1.29 is 19.1 Å². The fourth-order valence-corrected chi connectivity index (χ4v) is 4.03. The molecule has 0 saturated carbocycles. The number of anilines is 1.